The van der Waals surface area contributed by atoms with Gasteiger partial charge in [0.1, 0.15) is 5.60 Å². The van der Waals surface area contributed by atoms with Gasteiger partial charge in [-0.25, -0.2) is 4.79 Å². The lowest BCUT2D eigenvalue weighted by Gasteiger charge is -2.42. The Labute approximate surface area is 116 Å². The number of rotatable bonds is 2. The molecule has 4 heteroatoms. The summed E-state index contributed by atoms with van der Waals surface area (Å²) >= 11 is 0. The number of carbonyl (C=O) groups excluding carboxylic acids is 1. The van der Waals surface area contributed by atoms with Crippen LogP contribution in [0, 0.1) is 11.8 Å². The largest absolute Gasteiger partial charge is 0.444 e. The Hall–Kier alpha value is -0.770. The Morgan fingerprint density at radius 2 is 1.84 bits per heavy atom. The van der Waals surface area contributed by atoms with Crippen molar-refractivity contribution in [1.29, 1.82) is 0 Å². The number of nitrogens with zero attached hydrogens (tertiary/aromatic N) is 1. The summed E-state index contributed by atoms with van der Waals surface area (Å²) in [6.45, 7) is 11.9. The van der Waals surface area contributed by atoms with Crippen LogP contribution in [0.25, 0.3) is 0 Å². The molecule has 1 aliphatic carbocycles. The van der Waals surface area contributed by atoms with Gasteiger partial charge in [0.15, 0.2) is 0 Å². The standard InChI is InChI=1S/C15H28N2O2/c1-10-6-7-13(11(10)2)16-12-8-17(9-12)14(18)19-15(3,4)5/h10-13,16H,6-9H2,1-5H3. The predicted octanol–water partition coefficient (Wildman–Crippen LogP) is 2.63. The van der Waals surface area contributed by atoms with Crippen molar-refractivity contribution in [2.45, 2.75) is 65.1 Å². The van der Waals surface area contributed by atoms with Crippen LogP contribution in [0.3, 0.4) is 0 Å². The average molecular weight is 268 g/mol. The van der Waals surface area contributed by atoms with E-state index in [2.05, 4.69) is 19.2 Å². The Bertz CT molecular complexity index is 332. The monoisotopic (exact) mass is 268 g/mol. The molecule has 0 spiro atoms. The molecule has 2 fully saturated rings. The summed E-state index contributed by atoms with van der Waals surface area (Å²) in [5.41, 5.74) is -0.398. The summed E-state index contributed by atoms with van der Waals surface area (Å²) in [6.07, 6.45) is 2.41. The number of carbonyl (C=O) groups is 1. The van der Waals surface area contributed by atoms with Crippen LogP contribution in [0.5, 0.6) is 0 Å². The molecule has 1 N–H and O–H groups in total. The van der Waals surface area contributed by atoms with Gasteiger partial charge in [0.25, 0.3) is 0 Å². The van der Waals surface area contributed by atoms with Crippen LogP contribution >= 0.6 is 0 Å². The molecule has 0 aromatic carbocycles. The summed E-state index contributed by atoms with van der Waals surface area (Å²) in [6, 6.07) is 1.08. The van der Waals surface area contributed by atoms with E-state index < -0.39 is 5.60 Å². The summed E-state index contributed by atoms with van der Waals surface area (Å²) in [4.78, 5) is 13.6. The fraction of sp³-hybridized carbons (Fsp3) is 0.933. The summed E-state index contributed by atoms with van der Waals surface area (Å²) in [7, 11) is 0. The van der Waals surface area contributed by atoms with E-state index in [9.17, 15) is 4.79 Å². The van der Waals surface area contributed by atoms with Gasteiger partial charge in [-0.1, -0.05) is 13.8 Å². The quantitative estimate of drug-likeness (QED) is 0.837. The maximum absolute atomic E-state index is 11.8. The van der Waals surface area contributed by atoms with Crippen molar-refractivity contribution in [3.05, 3.63) is 0 Å². The fourth-order valence-electron chi connectivity index (χ4n) is 2.96. The molecule has 19 heavy (non-hydrogen) atoms. The van der Waals surface area contributed by atoms with Crippen molar-refractivity contribution in [3.8, 4) is 0 Å². The van der Waals surface area contributed by atoms with E-state index in [4.69, 9.17) is 4.74 Å². The molecular formula is C15H28N2O2. The Kier molecular flexibility index (Phi) is 4.09. The molecule has 4 nitrogen and oxygen atoms in total. The number of ether oxygens (including phenoxy) is 1. The maximum atomic E-state index is 11.8. The molecule has 1 heterocycles. The smallest absolute Gasteiger partial charge is 0.410 e. The number of hydrogen-bond acceptors (Lipinski definition) is 3. The first-order valence-corrected chi connectivity index (χ1v) is 7.50. The maximum Gasteiger partial charge on any atom is 0.410 e. The number of hydrogen-bond donors (Lipinski definition) is 1. The van der Waals surface area contributed by atoms with Crippen LogP contribution in [0.15, 0.2) is 0 Å². The summed E-state index contributed by atoms with van der Waals surface area (Å²) in [5, 5.41) is 3.69. The second-order valence-electron chi connectivity index (χ2n) is 7.27. The molecule has 2 rings (SSSR count). The summed E-state index contributed by atoms with van der Waals surface area (Å²) in [5.74, 6) is 1.56. The van der Waals surface area contributed by atoms with Gasteiger partial charge in [-0.05, 0) is 45.4 Å². The van der Waals surface area contributed by atoms with Crippen molar-refractivity contribution < 1.29 is 9.53 Å². The van der Waals surface area contributed by atoms with Crippen LogP contribution in [-0.2, 0) is 4.74 Å². The molecule has 1 saturated carbocycles. The van der Waals surface area contributed by atoms with Gasteiger partial charge in [-0.15, -0.1) is 0 Å². The highest BCUT2D eigenvalue weighted by Crippen LogP contribution is 2.32. The molecule has 0 radical (unpaired) electrons. The third-order valence-corrected chi connectivity index (χ3v) is 4.45. The molecule has 0 aromatic rings. The Morgan fingerprint density at radius 1 is 1.21 bits per heavy atom. The van der Waals surface area contributed by atoms with Crippen molar-refractivity contribution in [1.82, 2.24) is 10.2 Å². The van der Waals surface area contributed by atoms with Gasteiger partial charge < -0.3 is 15.0 Å². The van der Waals surface area contributed by atoms with E-state index >= 15 is 0 Å². The average Bonchev–Trinajstić information content (AvgIpc) is 2.51. The number of likely N-dealkylation sites (tertiary alicyclic amines) is 1. The second kappa shape index (κ2) is 5.31. The van der Waals surface area contributed by atoms with Crippen molar-refractivity contribution >= 4 is 6.09 Å². The normalized spacial score (nSPS) is 32.3. The van der Waals surface area contributed by atoms with Crippen LogP contribution in [0.2, 0.25) is 0 Å². The first-order valence-electron chi connectivity index (χ1n) is 7.50. The fourth-order valence-corrected chi connectivity index (χ4v) is 2.96. The molecule has 0 bridgehead atoms. The van der Waals surface area contributed by atoms with E-state index in [0.717, 1.165) is 24.9 Å². The topological polar surface area (TPSA) is 41.6 Å². The lowest BCUT2D eigenvalue weighted by atomic mass is 9.96. The minimum absolute atomic E-state index is 0.182. The highest BCUT2D eigenvalue weighted by Gasteiger charge is 2.37. The molecule has 0 aromatic heterocycles. The van der Waals surface area contributed by atoms with Crippen LogP contribution < -0.4 is 5.32 Å². The van der Waals surface area contributed by atoms with Gasteiger partial charge >= 0.3 is 6.09 Å². The molecule has 1 saturated heterocycles. The van der Waals surface area contributed by atoms with E-state index in [1.54, 1.807) is 4.90 Å². The molecular weight excluding hydrogens is 240 g/mol. The zero-order valence-electron chi connectivity index (χ0n) is 12.9. The first kappa shape index (κ1) is 14.6. The molecule has 2 aliphatic rings. The first-order chi connectivity index (χ1) is 8.76. The predicted molar refractivity (Wildman–Crippen MR) is 76.1 cm³/mol. The Morgan fingerprint density at radius 3 is 2.32 bits per heavy atom. The van der Waals surface area contributed by atoms with Crippen LogP contribution in [-0.4, -0.2) is 41.8 Å². The third kappa shape index (κ3) is 3.62. The van der Waals surface area contributed by atoms with Gasteiger partial charge in [-0.3, -0.25) is 0 Å². The van der Waals surface area contributed by atoms with Crippen LogP contribution in [0.4, 0.5) is 4.79 Å². The molecule has 110 valence electrons. The van der Waals surface area contributed by atoms with E-state index in [0.29, 0.717) is 12.1 Å². The highest BCUT2D eigenvalue weighted by molar-refractivity contribution is 5.69. The third-order valence-electron chi connectivity index (χ3n) is 4.45. The van der Waals surface area contributed by atoms with Gasteiger partial charge in [0.05, 0.1) is 0 Å². The van der Waals surface area contributed by atoms with E-state index in [-0.39, 0.29) is 6.09 Å². The van der Waals surface area contributed by atoms with Gasteiger partial charge in [0.2, 0.25) is 0 Å². The second-order valence-corrected chi connectivity index (χ2v) is 7.27. The van der Waals surface area contributed by atoms with Crippen molar-refractivity contribution in [3.63, 3.8) is 0 Å². The van der Waals surface area contributed by atoms with Crippen molar-refractivity contribution in [2.24, 2.45) is 11.8 Å². The van der Waals surface area contributed by atoms with Gasteiger partial charge in [-0.2, -0.15) is 0 Å². The molecule has 1 amide bonds. The summed E-state index contributed by atoms with van der Waals surface area (Å²) < 4.78 is 5.36. The highest BCUT2D eigenvalue weighted by atomic mass is 16.6. The van der Waals surface area contributed by atoms with E-state index in [1.165, 1.54) is 12.8 Å². The van der Waals surface area contributed by atoms with Crippen LogP contribution in [0.1, 0.15) is 47.5 Å². The Balaban J connectivity index is 1.70. The lowest BCUT2D eigenvalue weighted by Crippen LogP contribution is -2.62. The number of nitrogens with one attached hydrogen (secondary N) is 1. The van der Waals surface area contributed by atoms with Gasteiger partial charge in [0, 0.05) is 25.2 Å². The molecule has 3 unspecified atom stereocenters. The molecule has 1 aliphatic heterocycles. The minimum Gasteiger partial charge on any atom is -0.444 e. The van der Waals surface area contributed by atoms with E-state index in [1.807, 2.05) is 20.8 Å². The van der Waals surface area contributed by atoms with Crippen molar-refractivity contribution in [2.75, 3.05) is 13.1 Å². The zero-order valence-corrected chi connectivity index (χ0v) is 12.9. The number of amides is 1. The lowest BCUT2D eigenvalue weighted by molar-refractivity contribution is 0.00364. The minimum atomic E-state index is -0.398. The zero-order chi connectivity index (χ0) is 14.2. The SMILES string of the molecule is CC1CCC(NC2CN(C(=O)OC(C)(C)C)C2)C1C. The molecule has 3 atom stereocenters.